The third-order valence-corrected chi connectivity index (χ3v) is 5.66. The minimum atomic E-state index is -0.412. The average Bonchev–Trinajstić information content (AvgIpc) is 3.46. The van der Waals surface area contributed by atoms with E-state index in [1.54, 1.807) is 12.1 Å². The van der Waals surface area contributed by atoms with Crippen LogP contribution in [0.15, 0.2) is 60.7 Å². The first-order chi connectivity index (χ1) is 16.1. The second-order valence-electron chi connectivity index (χ2n) is 8.05. The number of nitrogens with one attached hydrogen (secondary N) is 1. The molecule has 0 fully saturated rings. The summed E-state index contributed by atoms with van der Waals surface area (Å²) >= 11 is 0. The Morgan fingerprint density at radius 1 is 1.00 bits per heavy atom. The number of carbonyl (C=O) groups excluding carboxylic acids is 1. The Morgan fingerprint density at radius 2 is 1.82 bits per heavy atom. The summed E-state index contributed by atoms with van der Waals surface area (Å²) in [5.74, 6) is 1.95. The predicted octanol–water partition coefficient (Wildman–Crippen LogP) is 4.45. The number of pyridine rings is 1. The van der Waals surface area contributed by atoms with E-state index in [2.05, 4.69) is 4.98 Å². The van der Waals surface area contributed by atoms with Gasteiger partial charge < -0.3 is 20.2 Å². The van der Waals surface area contributed by atoms with Crippen molar-refractivity contribution in [1.82, 2.24) is 15.0 Å². The summed E-state index contributed by atoms with van der Waals surface area (Å²) in [6.45, 7) is 2.21. The number of nitrogens with two attached hydrogens (primary N) is 1. The molecule has 0 saturated carbocycles. The van der Waals surface area contributed by atoms with Gasteiger partial charge in [-0.05, 0) is 67.8 Å². The Labute approximate surface area is 191 Å². The lowest BCUT2D eigenvalue weighted by molar-refractivity contribution is 0.1000. The van der Waals surface area contributed by atoms with E-state index >= 15 is 0 Å². The minimum Gasteiger partial charge on any atom is -0.454 e. The van der Waals surface area contributed by atoms with Gasteiger partial charge in [0.25, 0.3) is 0 Å². The SMILES string of the molecule is Cc1cccc(-c2[nH]c(CCCc3ccc(C(N)=O)cc3)nc2-c2ccc3c(c2)OCO3)n1. The number of benzene rings is 2. The number of amides is 1. The molecule has 1 aliphatic rings. The molecule has 0 aliphatic carbocycles. The molecule has 3 heterocycles. The number of aromatic amines is 1. The lowest BCUT2D eigenvalue weighted by atomic mass is 10.1. The fourth-order valence-corrected chi connectivity index (χ4v) is 3.96. The number of imidazole rings is 1. The Hall–Kier alpha value is -4.13. The van der Waals surface area contributed by atoms with E-state index in [9.17, 15) is 4.79 Å². The first kappa shape index (κ1) is 20.8. The zero-order valence-electron chi connectivity index (χ0n) is 18.3. The Morgan fingerprint density at radius 3 is 2.61 bits per heavy atom. The smallest absolute Gasteiger partial charge is 0.248 e. The van der Waals surface area contributed by atoms with Crippen molar-refractivity contribution in [3.8, 4) is 34.1 Å². The Kier molecular flexibility index (Phi) is 5.52. The number of hydrogen-bond acceptors (Lipinski definition) is 5. The van der Waals surface area contributed by atoms with Crippen molar-refractivity contribution in [2.45, 2.75) is 26.2 Å². The van der Waals surface area contributed by atoms with Crippen LogP contribution in [-0.2, 0) is 12.8 Å². The molecule has 1 amide bonds. The van der Waals surface area contributed by atoms with Crippen LogP contribution in [0.4, 0.5) is 0 Å². The lowest BCUT2D eigenvalue weighted by Gasteiger charge is -2.04. The predicted molar refractivity (Wildman–Crippen MR) is 125 cm³/mol. The summed E-state index contributed by atoms with van der Waals surface area (Å²) in [6, 6.07) is 19.3. The van der Waals surface area contributed by atoms with Gasteiger partial charge in [-0.3, -0.25) is 9.78 Å². The molecule has 0 unspecified atom stereocenters. The van der Waals surface area contributed by atoms with Crippen LogP contribution in [0.2, 0.25) is 0 Å². The van der Waals surface area contributed by atoms with E-state index in [-0.39, 0.29) is 6.79 Å². The maximum atomic E-state index is 11.3. The van der Waals surface area contributed by atoms with Gasteiger partial charge in [-0.1, -0.05) is 18.2 Å². The first-order valence-corrected chi connectivity index (χ1v) is 10.9. The van der Waals surface area contributed by atoms with E-state index in [1.165, 1.54) is 0 Å². The molecule has 0 saturated heterocycles. The highest BCUT2D eigenvalue weighted by atomic mass is 16.7. The third kappa shape index (κ3) is 4.43. The number of nitrogens with zero attached hydrogens (tertiary/aromatic N) is 2. The molecule has 0 radical (unpaired) electrons. The average molecular weight is 441 g/mol. The van der Waals surface area contributed by atoms with Gasteiger partial charge in [0.05, 0.1) is 17.1 Å². The molecular weight excluding hydrogens is 416 g/mol. The van der Waals surface area contributed by atoms with E-state index in [1.807, 2.05) is 55.5 Å². The molecule has 0 atom stereocenters. The molecule has 4 aromatic rings. The molecule has 5 rings (SSSR count). The van der Waals surface area contributed by atoms with Crippen molar-refractivity contribution in [2.24, 2.45) is 5.73 Å². The maximum absolute atomic E-state index is 11.3. The number of rotatable bonds is 7. The van der Waals surface area contributed by atoms with Crippen molar-refractivity contribution in [2.75, 3.05) is 6.79 Å². The van der Waals surface area contributed by atoms with Crippen LogP contribution in [-0.4, -0.2) is 27.7 Å². The summed E-state index contributed by atoms with van der Waals surface area (Å²) in [6.07, 6.45) is 2.56. The molecular formula is C26H24N4O3. The van der Waals surface area contributed by atoms with Crippen LogP contribution < -0.4 is 15.2 Å². The van der Waals surface area contributed by atoms with Crippen molar-refractivity contribution < 1.29 is 14.3 Å². The molecule has 1 aliphatic heterocycles. The van der Waals surface area contributed by atoms with Crippen LogP contribution >= 0.6 is 0 Å². The quantitative estimate of drug-likeness (QED) is 0.442. The van der Waals surface area contributed by atoms with E-state index in [0.29, 0.717) is 5.56 Å². The molecule has 0 bridgehead atoms. The monoisotopic (exact) mass is 440 g/mol. The molecule has 0 spiro atoms. The third-order valence-electron chi connectivity index (χ3n) is 5.66. The van der Waals surface area contributed by atoms with Crippen LogP contribution in [0.3, 0.4) is 0 Å². The highest BCUT2D eigenvalue weighted by Crippen LogP contribution is 2.38. The summed E-state index contributed by atoms with van der Waals surface area (Å²) in [7, 11) is 0. The fraction of sp³-hybridized carbons (Fsp3) is 0.192. The number of ether oxygens (including phenoxy) is 2. The van der Waals surface area contributed by atoms with E-state index in [4.69, 9.17) is 25.2 Å². The number of H-pyrrole nitrogens is 1. The molecule has 3 N–H and O–H groups in total. The number of aromatic nitrogens is 3. The van der Waals surface area contributed by atoms with Crippen LogP contribution in [0, 0.1) is 6.92 Å². The van der Waals surface area contributed by atoms with Crippen molar-refractivity contribution in [3.05, 3.63) is 83.3 Å². The summed E-state index contributed by atoms with van der Waals surface area (Å²) < 4.78 is 11.0. The Balaban J connectivity index is 1.40. The van der Waals surface area contributed by atoms with Crippen LogP contribution in [0.5, 0.6) is 11.5 Å². The molecule has 166 valence electrons. The number of fused-ring (bicyclic) bond motifs is 1. The van der Waals surface area contributed by atoms with Gasteiger partial charge in [0, 0.05) is 23.2 Å². The number of primary amides is 1. The van der Waals surface area contributed by atoms with E-state index in [0.717, 1.165) is 70.5 Å². The van der Waals surface area contributed by atoms with Gasteiger partial charge in [-0.2, -0.15) is 0 Å². The molecule has 33 heavy (non-hydrogen) atoms. The lowest BCUT2D eigenvalue weighted by Crippen LogP contribution is -2.10. The largest absolute Gasteiger partial charge is 0.454 e. The highest BCUT2D eigenvalue weighted by molar-refractivity contribution is 5.92. The fourth-order valence-electron chi connectivity index (χ4n) is 3.96. The second kappa shape index (κ2) is 8.78. The van der Waals surface area contributed by atoms with Crippen molar-refractivity contribution >= 4 is 5.91 Å². The normalized spacial score (nSPS) is 12.2. The summed E-state index contributed by atoms with van der Waals surface area (Å²) in [5, 5.41) is 0. The van der Waals surface area contributed by atoms with Gasteiger partial charge in [0.2, 0.25) is 12.7 Å². The maximum Gasteiger partial charge on any atom is 0.248 e. The summed E-state index contributed by atoms with van der Waals surface area (Å²) in [5.41, 5.74) is 11.5. The summed E-state index contributed by atoms with van der Waals surface area (Å²) in [4.78, 5) is 24.4. The number of hydrogen-bond donors (Lipinski definition) is 2. The van der Waals surface area contributed by atoms with Gasteiger partial charge in [0.1, 0.15) is 5.82 Å². The van der Waals surface area contributed by atoms with Crippen molar-refractivity contribution in [1.29, 1.82) is 0 Å². The van der Waals surface area contributed by atoms with Gasteiger partial charge in [-0.15, -0.1) is 0 Å². The minimum absolute atomic E-state index is 0.233. The molecule has 2 aromatic heterocycles. The standard InChI is InChI=1S/C26H24N4O3/c1-16-4-2-6-20(28-16)25-24(19-12-13-21-22(14-19)33-15-32-21)29-23(30-25)7-3-5-17-8-10-18(11-9-17)26(27)31/h2,4,6,8-14H,3,5,7,15H2,1H3,(H2,27,31)(H,29,30). The van der Waals surface area contributed by atoms with Gasteiger partial charge in [0.15, 0.2) is 11.5 Å². The van der Waals surface area contributed by atoms with Crippen LogP contribution in [0.25, 0.3) is 22.6 Å². The number of carbonyl (C=O) groups is 1. The van der Waals surface area contributed by atoms with Crippen LogP contribution in [0.1, 0.15) is 33.9 Å². The molecule has 7 heteroatoms. The molecule has 7 nitrogen and oxygen atoms in total. The Bertz CT molecular complexity index is 1310. The van der Waals surface area contributed by atoms with E-state index < -0.39 is 5.91 Å². The molecule has 2 aromatic carbocycles. The van der Waals surface area contributed by atoms with Crippen molar-refractivity contribution in [3.63, 3.8) is 0 Å². The zero-order chi connectivity index (χ0) is 22.8. The second-order valence-corrected chi connectivity index (χ2v) is 8.05. The highest BCUT2D eigenvalue weighted by Gasteiger charge is 2.19. The topological polar surface area (TPSA) is 103 Å². The van der Waals surface area contributed by atoms with Gasteiger partial charge in [-0.25, -0.2) is 4.98 Å². The van der Waals surface area contributed by atoms with Gasteiger partial charge >= 0.3 is 0 Å². The number of aryl methyl sites for hydroxylation is 3. The zero-order valence-corrected chi connectivity index (χ0v) is 18.3. The first-order valence-electron chi connectivity index (χ1n) is 10.9.